The molecular formula is C38H56Cl2N10O8. The maximum Gasteiger partial charge on any atom is 0.249 e. The molecule has 2 amide bonds. The van der Waals surface area contributed by atoms with Crippen LogP contribution in [0.2, 0.25) is 5.28 Å². The minimum absolute atomic E-state index is 0. The van der Waals surface area contributed by atoms with E-state index in [2.05, 4.69) is 35.9 Å². The second-order valence-corrected chi connectivity index (χ2v) is 13.0. The molecule has 2 aliphatic heterocycles. The molecule has 20 heteroatoms. The van der Waals surface area contributed by atoms with E-state index in [1.807, 2.05) is 7.05 Å². The number of benzene rings is 2. The Kier molecular flexibility index (Phi) is 13.3. The molecule has 2 aliphatic rings. The van der Waals surface area contributed by atoms with Gasteiger partial charge in [-0.15, -0.1) is 12.4 Å². The van der Waals surface area contributed by atoms with Crippen molar-refractivity contribution in [2.45, 2.75) is 50.7 Å². The van der Waals surface area contributed by atoms with E-state index in [-0.39, 0.29) is 104 Å². The normalized spacial score (nSPS) is 19.5. The molecule has 320 valence electrons. The van der Waals surface area contributed by atoms with Crippen molar-refractivity contribution < 1.29 is 54.5 Å². The number of nitrogens with zero attached hydrogens (tertiary/aromatic N) is 5. The summed E-state index contributed by atoms with van der Waals surface area (Å²) in [5.74, 6) is -1.04. The molecule has 58 heavy (non-hydrogen) atoms. The van der Waals surface area contributed by atoms with E-state index < -0.39 is 28.2 Å². The van der Waals surface area contributed by atoms with E-state index in [9.17, 15) is 9.59 Å². The number of hydrogen-bond acceptors (Lipinski definition) is 16. The number of carbonyl (C=O) groups is 2. The molecule has 7 N–H and O–H groups in total. The van der Waals surface area contributed by atoms with Gasteiger partial charge in [0, 0.05) is 62.8 Å². The monoisotopic (exact) mass is 862 g/mol. The maximum atomic E-state index is 12.0. The predicted octanol–water partition coefficient (Wildman–Crippen LogP) is 3.55. The zero-order valence-corrected chi connectivity index (χ0v) is 33.5. The molecule has 0 bridgehead atoms. The van der Waals surface area contributed by atoms with E-state index in [1.54, 1.807) is 11.9 Å². The van der Waals surface area contributed by atoms with E-state index in [0.717, 1.165) is 51.8 Å². The summed E-state index contributed by atoms with van der Waals surface area (Å²) in [5, 5.41) is 9.11. The average molecular weight is 864 g/mol. The van der Waals surface area contributed by atoms with Gasteiger partial charge in [0.25, 0.3) is 0 Å². The first-order chi connectivity index (χ1) is 32.1. The fourth-order valence-corrected chi connectivity index (χ4v) is 5.85. The number of carbonyl (C=O) groups excluding carboxylic acids is 2. The molecule has 6 rings (SSSR count). The highest BCUT2D eigenvalue weighted by Crippen LogP contribution is 2.35. The molecule has 0 radical (unpaired) electrons. The first-order valence-corrected chi connectivity index (χ1v) is 18.3. The summed E-state index contributed by atoms with van der Waals surface area (Å²) in [5.41, 5.74) is 12.2. The number of hydrogen-bond donors (Lipinski definition) is 5. The number of methoxy groups -OCH3 is 4. The topological polar surface area (TPSA) is 232 Å². The molecular weight excluding hydrogens is 795 g/mol. The third kappa shape index (κ3) is 13.3. The number of nitrogens with one attached hydrogen (secondary N) is 3. The van der Waals surface area contributed by atoms with Crippen LogP contribution in [0.25, 0.3) is 21.8 Å². The zero-order valence-electron chi connectivity index (χ0n) is 43.9. The van der Waals surface area contributed by atoms with Crippen molar-refractivity contribution in [3.63, 3.8) is 0 Å². The lowest BCUT2D eigenvalue weighted by Crippen LogP contribution is -2.36. The summed E-state index contributed by atoms with van der Waals surface area (Å²) < 4.78 is 117. The summed E-state index contributed by atoms with van der Waals surface area (Å²) in [6.45, 7) is 3.94. The molecule has 0 saturated carbocycles. The second kappa shape index (κ2) is 24.1. The van der Waals surface area contributed by atoms with Gasteiger partial charge >= 0.3 is 0 Å². The van der Waals surface area contributed by atoms with Crippen LogP contribution in [-0.4, -0.2) is 126 Å². The van der Waals surface area contributed by atoms with Crippen molar-refractivity contribution in [2.75, 3.05) is 98.0 Å². The van der Waals surface area contributed by atoms with Gasteiger partial charge in [-0.3, -0.25) is 9.59 Å². The van der Waals surface area contributed by atoms with E-state index in [0.29, 0.717) is 26.1 Å². The van der Waals surface area contributed by atoms with Crippen LogP contribution in [0, 0.1) is 0 Å². The fraction of sp³-hybridized carbons (Fsp3) is 0.526. The van der Waals surface area contributed by atoms with Gasteiger partial charge in [-0.25, -0.2) is 15.0 Å². The highest BCUT2D eigenvalue weighted by atomic mass is 35.5. The van der Waals surface area contributed by atoms with Crippen molar-refractivity contribution in [3.05, 3.63) is 29.5 Å². The van der Waals surface area contributed by atoms with Gasteiger partial charge in [-0.1, -0.05) is 0 Å². The van der Waals surface area contributed by atoms with Crippen molar-refractivity contribution in [1.82, 2.24) is 35.9 Å². The minimum Gasteiger partial charge on any atom is -0.493 e. The van der Waals surface area contributed by atoms with Gasteiger partial charge in [0.05, 0.1) is 55.6 Å². The van der Waals surface area contributed by atoms with E-state index in [1.165, 1.54) is 24.3 Å². The molecule has 0 spiro atoms. The molecule has 2 aromatic heterocycles. The van der Waals surface area contributed by atoms with E-state index >= 15 is 0 Å². The Morgan fingerprint density at radius 3 is 1.74 bits per heavy atom. The Morgan fingerprint density at radius 1 is 0.776 bits per heavy atom. The van der Waals surface area contributed by atoms with Crippen molar-refractivity contribution in [3.8, 4) is 23.0 Å². The lowest BCUT2D eigenvalue weighted by molar-refractivity contribution is -0.130. The van der Waals surface area contributed by atoms with Gasteiger partial charge in [0.1, 0.15) is 23.8 Å². The number of amides is 2. The number of fused-ring (bicyclic) bond motifs is 2. The van der Waals surface area contributed by atoms with Gasteiger partial charge in [0.2, 0.25) is 23.0 Å². The molecule has 0 aliphatic carbocycles. The van der Waals surface area contributed by atoms with Crippen molar-refractivity contribution >= 4 is 75.2 Å². The summed E-state index contributed by atoms with van der Waals surface area (Å²) in [6.07, 6.45) is 4.49. The quantitative estimate of drug-likeness (QED) is 0.0850. The van der Waals surface area contributed by atoms with E-state index in [4.69, 9.17) is 67.9 Å². The minimum atomic E-state index is -2.84. The Morgan fingerprint density at radius 2 is 1.26 bits per heavy atom. The first-order valence-electron chi connectivity index (χ1n) is 23.9. The smallest absolute Gasteiger partial charge is 0.249 e. The molecule has 2 atom stereocenters. The van der Waals surface area contributed by atoms with Gasteiger partial charge in [-0.2, -0.15) is 4.98 Å². The number of rotatable bonds is 15. The van der Waals surface area contributed by atoms with Crippen LogP contribution < -0.4 is 51.3 Å². The molecule has 4 heterocycles. The number of aromatic nitrogens is 4. The van der Waals surface area contributed by atoms with Gasteiger partial charge in [-0.05, 0) is 75.9 Å². The van der Waals surface area contributed by atoms with Crippen LogP contribution in [0.4, 0.5) is 17.6 Å². The summed E-state index contributed by atoms with van der Waals surface area (Å²) in [6, 6.07) is 4.85. The molecule has 4 aromatic rings. The zero-order chi connectivity index (χ0) is 51.3. The van der Waals surface area contributed by atoms with Crippen LogP contribution in [0.15, 0.2) is 24.3 Å². The van der Waals surface area contributed by atoms with Crippen LogP contribution >= 0.6 is 24.0 Å². The second-order valence-electron chi connectivity index (χ2n) is 12.6. The number of anilines is 3. The Labute approximate surface area is 366 Å². The lowest BCUT2D eigenvalue weighted by Gasteiger charge is -2.19. The highest BCUT2D eigenvalue weighted by Gasteiger charge is 2.24. The largest absolute Gasteiger partial charge is 0.493 e. The SMILES string of the molecule is CNCCCNC(=O)C1CCCO1.Cl.[2H]C([2H])([2H])Oc1cc2nc(Cl)nc(N)c2cc1OC([2H])([2H])[2H].[2H]C([2H])([2H])Oc1cc2nc(N(C)CCCNC(=O)C3CCCO3)nc(N)c2cc1OC([2H])([2H])[2H]. The Balaban J connectivity index is 0.000000307. The predicted molar refractivity (Wildman–Crippen MR) is 227 cm³/mol. The maximum absolute atomic E-state index is 12.0. The summed E-state index contributed by atoms with van der Waals surface area (Å²) in [7, 11) is -7.63. The van der Waals surface area contributed by atoms with Gasteiger partial charge < -0.3 is 60.7 Å². The average Bonchev–Trinajstić information content (AvgIpc) is 3.97. The number of ether oxygens (including phenoxy) is 6. The van der Waals surface area contributed by atoms with Crippen molar-refractivity contribution in [1.29, 1.82) is 0 Å². The Hall–Kier alpha value is -4.88. The molecule has 2 unspecified atom stereocenters. The summed E-state index contributed by atoms with van der Waals surface area (Å²) >= 11 is 5.68. The van der Waals surface area contributed by atoms with Crippen LogP contribution in [-0.2, 0) is 19.1 Å². The number of nitrogen functional groups attached to an aromatic ring is 2. The fourth-order valence-electron chi connectivity index (χ4n) is 5.67. The Bertz CT molecular complexity index is 2360. The molecule has 2 fully saturated rings. The standard InChI is InChI=1S/C19H27N5O4.C10H10ClN3O2.C9H18N2O2.ClH/c1-24(8-5-7-21-18(25)14-6-4-9-28-14)19-22-13-11-16(27-3)15(26-2)10-12(13)17(20)23-19;1-15-7-3-5-6(4-8(7)16-2)13-10(11)14-9(5)12;1-10-5-3-6-11-9(12)8-4-2-7-13-8;/h10-11,14H,4-9H2,1-3H3,(H,21,25)(H2,20,22,23);3-4H,1-2H3,(H2,12,13,14);8,10H,2-7H2,1H3,(H,11,12);1H/i2D3,3D3;1D3,2D3;;. The molecule has 2 saturated heterocycles. The number of halogens is 2. The third-order valence-corrected chi connectivity index (χ3v) is 8.81. The highest BCUT2D eigenvalue weighted by molar-refractivity contribution is 6.28. The summed E-state index contributed by atoms with van der Waals surface area (Å²) in [4.78, 5) is 41.4. The van der Waals surface area contributed by atoms with Gasteiger partial charge in [0.15, 0.2) is 23.0 Å². The molecule has 18 nitrogen and oxygen atoms in total. The van der Waals surface area contributed by atoms with Crippen LogP contribution in [0.1, 0.15) is 55.0 Å². The van der Waals surface area contributed by atoms with Crippen molar-refractivity contribution in [2.24, 2.45) is 0 Å². The molecule has 2 aromatic carbocycles. The number of nitrogens with two attached hydrogens (primary N) is 2. The van der Waals surface area contributed by atoms with Crippen LogP contribution in [0.3, 0.4) is 0 Å². The first kappa shape index (κ1) is 32.0. The lowest BCUT2D eigenvalue weighted by atomic mass is 10.2. The van der Waals surface area contributed by atoms with Crippen LogP contribution in [0.5, 0.6) is 23.0 Å². The third-order valence-electron chi connectivity index (χ3n) is 8.64.